The van der Waals surface area contributed by atoms with Crippen LogP contribution in [0.25, 0.3) is 0 Å². The van der Waals surface area contributed by atoms with Crippen LogP contribution in [0.15, 0.2) is 0 Å². The maximum atomic E-state index is 11.2. The van der Waals surface area contributed by atoms with E-state index in [4.69, 9.17) is 0 Å². The Morgan fingerprint density at radius 1 is 1.50 bits per heavy atom. The molecule has 1 rings (SSSR count). The highest BCUT2D eigenvalue weighted by Gasteiger charge is 2.27. The molecule has 1 heterocycles. The SMILES string of the molecule is CCNCCC1CCN(S(C)(=O)=O)C1. The molecular weight excluding hydrogens is 200 g/mol. The fraction of sp³-hybridized carbons (Fsp3) is 1.00. The second-order valence-electron chi connectivity index (χ2n) is 3.92. The van der Waals surface area contributed by atoms with E-state index in [-0.39, 0.29) is 0 Å². The second kappa shape index (κ2) is 5.09. The molecule has 1 atom stereocenters. The molecule has 4 nitrogen and oxygen atoms in total. The monoisotopic (exact) mass is 220 g/mol. The van der Waals surface area contributed by atoms with E-state index in [0.29, 0.717) is 19.0 Å². The van der Waals surface area contributed by atoms with Crippen molar-refractivity contribution in [2.75, 3.05) is 32.4 Å². The maximum Gasteiger partial charge on any atom is 0.211 e. The van der Waals surface area contributed by atoms with Crippen molar-refractivity contribution in [3.63, 3.8) is 0 Å². The molecule has 0 aromatic heterocycles. The van der Waals surface area contributed by atoms with Crippen molar-refractivity contribution in [3.05, 3.63) is 0 Å². The molecule has 1 N–H and O–H groups in total. The van der Waals surface area contributed by atoms with Gasteiger partial charge in [-0.05, 0) is 31.8 Å². The van der Waals surface area contributed by atoms with E-state index in [1.165, 1.54) is 6.26 Å². The average Bonchev–Trinajstić information content (AvgIpc) is 2.52. The second-order valence-corrected chi connectivity index (χ2v) is 5.90. The summed E-state index contributed by atoms with van der Waals surface area (Å²) in [6.07, 6.45) is 3.39. The smallest absolute Gasteiger partial charge is 0.211 e. The Morgan fingerprint density at radius 3 is 2.71 bits per heavy atom. The van der Waals surface area contributed by atoms with Crippen molar-refractivity contribution in [2.24, 2.45) is 5.92 Å². The number of sulfonamides is 1. The summed E-state index contributed by atoms with van der Waals surface area (Å²) in [7, 11) is -2.95. The molecule has 1 fully saturated rings. The Bertz CT molecular complexity index is 264. The summed E-state index contributed by atoms with van der Waals surface area (Å²) >= 11 is 0. The normalized spacial score (nSPS) is 24.3. The van der Waals surface area contributed by atoms with Crippen LogP contribution in [0.5, 0.6) is 0 Å². The third-order valence-corrected chi connectivity index (χ3v) is 3.97. The summed E-state index contributed by atoms with van der Waals surface area (Å²) in [5, 5.41) is 3.26. The first-order valence-electron chi connectivity index (χ1n) is 5.20. The molecule has 1 unspecified atom stereocenters. The zero-order valence-electron chi connectivity index (χ0n) is 8.99. The Morgan fingerprint density at radius 2 is 2.21 bits per heavy atom. The van der Waals surface area contributed by atoms with Gasteiger partial charge in [-0.15, -0.1) is 0 Å². The highest BCUT2D eigenvalue weighted by atomic mass is 32.2. The van der Waals surface area contributed by atoms with Crippen molar-refractivity contribution < 1.29 is 8.42 Å². The van der Waals surface area contributed by atoms with Crippen molar-refractivity contribution >= 4 is 10.0 Å². The van der Waals surface area contributed by atoms with Gasteiger partial charge >= 0.3 is 0 Å². The van der Waals surface area contributed by atoms with Gasteiger partial charge < -0.3 is 5.32 Å². The van der Waals surface area contributed by atoms with Crippen molar-refractivity contribution in [3.8, 4) is 0 Å². The standard InChI is InChI=1S/C9H20N2O2S/c1-3-10-6-4-9-5-7-11(8-9)14(2,12)13/h9-10H,3-8H2,1-2H3. The van der Waals surface area contributed by atoms with Crippen LogP contribution in [0.2, 0.25) is 0 Å². The quantitative estimate of drug-likeness (QED) is 0.677. The minimum absolute atomic E-state index is 0.545. The zero-order chi connectivity index (χ0) is 10.6. The first-order chi connectivity index (χ1) is 6.54. The fourth-order valence-corrected chi connectivity index (χ4v) is 2.74. The van der Waals surface area contributed by atoms with Gasteiger partial charge in [0.05, 0.1) is 6.26 Å². The summed E-state index contributed by atoms with van der Waals surface area (Å²) in [4.78, 5) is 0. The molecule has 0 saturated carbocycles. The van der Waals surface area contributed by atoms with Crippen molar-refractivity contribution in [2.45, 2.75) is 19.8 Å². The Labute approximate surface area is 86.7 Å². The maximum absolute atomic E-state index is 11.2. The summed E-state index contributed by atoms with van der Waals surface area (Å²) in [6, 6.07) is 0. The van der Waals surface area contributed by atoms with Gasteiger partial charge in [0.25, 0.3) is 0 Å². The largest absolute Gasteiger partial charge is 0.317 e. The molecule has 0 aromatic rings. The Balaban J connectivity index is 2.28. The summed E-state index contributed by atoms with van der Waals surface area (Å²) in [6.45, 7) is 5.48. The summed E-state index contributed by atoms with van der Waals surface area (Å²) in [5.41, 5.74) is 0. The van der Waals surface area contributed by atoms with Crippen LogP contribution >= 0.6 is 0 Å². The molecule has 1 saturated heterocycles. The number of hydrogen-bond acceptors (Lipinski definition) is 3. The van der Waals surface area contributed by atoms with Crippen molar-refractivity contribution in [1.29, 1.82) is 0 Å². The van der Waals surface area contributed by atoms with Crippen LogP contribution in [0.3, 0.4) is 0 Å². The lowest BCUT2D eigenvalue weighted by atomic mass is 10.1. The number of nitrogens with zero attached hydrogens (tertiary/aromatic N) is 1. The average molecular weight is 220 g/mol. The van der Waals surface area contributed by atoms with E-state index in [2.05, 4.69) is 12.2 Å². The fourth-order valence-electron chi connectivity index (χ4n) is 1.82. The predicted octanol–water partition coefficient (Wildman–Crippen LogP) is 0.267. The lowest BCUT2D eigenvalue weighted by Gasteiger charge is -2.13. The van der Waals surface area contributed by atoms with E-state index < -0.39 is 10.0 Å². The molecule has 1 aliphatic heterocycles. The predicted molar refractivity (Wildman–Crippen MR) is 57.7 cm³/mol. The van der Waals surface area contributed by atoms with Gasteiger partial charge in [-0.2, -0.15) is 0 Å². The summed E-state index contributed by atoms with van der Waals surface area (Å²) < 4.78 is 24.0. The lowest BCUT2D eigenvalue weighted by molar-refractivity contribution is 0.444. The Hall–Kier alpha value is -0.130. The molecule has 14 heavy (non-hydrogen) atoms. The third kappa shape index (κ3) is 3.55. The molecule has 0 aromatic carbocycles. The topological polar surface area (TPSA) is 49.4 Å². The molecule has 5 heteroatoms. The van der Waals surface area contributed by atoms with Gasteiger partial charge in [-0.1, -0.05) is 6.92 Å². The minimum Gasteiger partial charge on any atom is -0.317 e. The first kappa shape index (κ1) is 11.9. The number of rotatable bonds is 5. The molecule has 0 amide bonds. The molecule has 0 aliphatic carbocycles. The van der Waals surface area contributed by atoms with Crippen LogP contribution in [0.1, 0.15) is 19.8 Å². The van der Waals surface area contributed by atoms with Crippen LogP contribution in [0, 0.1) is 5.92 Å². The van der Waals surface area contributed by atoms with Crippen LogP contribution in [-0.4, -0.2) is 45.2 Å². The van der Waals surface area contributed by atoms with E-state index in [0.717, 1.165) is 25.9 Å². The van der Waals surface area contributed by atoms with Crippen LogP contribution < -0.4 is 5.32 Å². The number of hydrogen-bond donors (Lipinski definition) is 1. The molecular formula is C9H20N2O2S. The highest BCUT2D eigenvalue weighted by Crippen LogP contribution is 2.20. The lowest BCUT2D eigenvalue weighted by Crippen LogP contribution is -2.28. The summed E-state index contributed by atoms with van der Waals surface area (Å²) in [5.74, 6) is 0.545. The molecule has 0 spiro atoms. The highest BCUT2D eigenvalue weighted by molar-refractivity contribution is 7.88. The van der Waals surface area contributed by atoms with E-state index in [1.807, 2.05) is 0 Å². The van der Waals surface area contributed by atoms with E-state index in [1.54, 1.807) is 4.31 Å². The number of nitrogens with one attached hydrogen (secondary N) is 1. The molecule has 84 valence electrons. The van der Waals surface area contributed by atoms with Gasteiger partial charge in [0.2, 0.25) is 10.0 Å². The van der Waals surface area contributed by atoms with Gasteiger partial charge in [0.15, 0.2) is 0 Å². The van der Waals surface area contributed by atoms with Crippen LogP contribution in [0.4, 0.5) is 0 Å². The first-order valence-corrected chi connectivity index (χ1v) is 7.04. The van der Waals surface area contributed by atoms with E-state index in [9.17, 15) is 8.42 Å². The minimum atomic E-state index is -2.95. The zero-order valence-corrected chi connectivity index (χ0v) is 9.81. The molecule has 0 radical (unpaired) electrons. The van der Waals surface area contributed by atoms with Gasteiger partial charge in [0, 0.05) is 13.1 Å². The van der Waals surface area contributed by atoms with Crippen molar-refractivity contribution in [1.82, 2.24) is 9.62 Å². The molecule has 1 aliphatic rings. The Kier molecular flexibility index (Phi) is 4.34. The van der Waals surface area contributed by atoms with Gasteiger partial charge in [0.1, 0.15) is 0 Å². The van der Waals surface area contributed by atoms with Gasteiger partial charge in [-0.25, -0.2) is 12.7 Å². The van der Waals surface area contributed by atoms with E-state index >= 15 is 0 Å². The van der Waals surface area contributed by atoms with Gasteiger partial charge in [-0.3, -0.25) is 0 Å². The third-order valence-electron chi connectivity index (χ3n) is 2.70. The molecule has 0 bridgehead atoms. The van der Waals surface area contributed by atoms with Crippen LogP contribution in [-0.2, 0) is 10.0 Å².